The van der Waals surface area contributed by atoms with Crippen LogP contribution in [0, 0.1) is 11.3 Å². The minimum absolute atomic E-state index is 0.0283. The number of fused-ring (bicyclic) bond motifs is 1. The normalized spacial score (nSPS) is 28.4. The number of ether oxygens (including phenoxy) is 1. The molecule has 0 unspecified atom stereocenters. The molecule has 0 N–H and O–H groups in total. The Balaban J connectivity index is 2.28. The van der Waals surface area contributed by atoms with Crippen LogP contribution in [-0.4, -0.2) is 55.9 Å². The Morgan fingerprint density at radius 2 is 1.92 bits per heavy atom. The molecule has 0 aromatic rings. The molecule has 0 aliphatic carbocycles. The highest BCUT2D eigenvalue weighted by Crippen LogP contribution is 2.51. The lowest BCUT2D eigenvalue weighted by Gasteiger charge is -2.57. The van der Waals surface area contributed by atoms with Crippen molar-refractivity contribution in [2.75, 3.05) is 6.61 Å². The van der Waals surface area contributed by atoms with Crippen LogP contribution >= 0.6 is 0 Å². The molecule has 0 bridgehead atoms. The van der Waals surface area contributed by atoms with Crippen LogP contribution in [0.4, 0.5) is 0 Å². The van der Waals surface area contributed by atoms with Crippen LogP contribution in [0.1, 0.15) is 34.1 Å². The summed E-state index contributed by atoms with van der Waals surface area (Å²) in [6.07, 6.45) is 1.62. The zero-order chi connectivity index (χ0) is 19.2. The van der Waals surface area contributed by atoms with Gasteiger partial charge in [0.2, 0.25) is 5.91 Å². The van der Waals surface area contributed by atoms with E-state index in [1.807, 2.05) is 27.7 Å². The van der Waals surface area contributed by atoms with Gasteiger partial charge >= 0.3 is 5.97 Å². The number of nitrogens with zero attached hydrogens (tertiary/aromatic N) is 1. The van der Waals surface area contributed by atoms with Gasteiger partial charge < -0.3 is 14.1 Å². The van der Waals surface area contributed by atoms with Gasteiger partial charge in [-0.05, 0) is 25.4 Å². The second kappa shape index (κ2) is 6.68. The standard InChI is InChI=1S/C18H29NO5Si/c1-8-9-23-16(22)14-12(20)10-11-13(15(21)19(11)14)18(5,17(2,3)4)24-25(6)7/h8,11,13-14,25H,1,9-10H2,2-7H3/t11-,13-,14+,18-/m1/s1. The van der Waals surface area contributed by atoms with E-state index in [0.717, 1.165) is 0 Å². The summed E-state index contributed by atoms with van der Waals surface area (Å²) in [5, 5.41) is 0. The molecular weight excluding hydrogens is 338 g/mol. The molecular formula is C18H29NO5Si. The lowest BCUT2D eigenvalue weighted by molar-refractivity contribution is -0.188. The van der Waals surface area contributed by atoms with E-state index in [1.165, 1.54) is 11.0 Å². The van der Waals surface area contributed by atoms with Crippen LogP contribution in [0.25, 0.3) is 0 Å². The number of Topliss-reactive ketones (excluding diaryl/α,β-unsaturated/α-hetero) is 1. The van der Waals surface area contributed by atoms with E-state index < -0.39 is 32.6 Å². The van der Waals surface area contributed by atoms with E-state index in [4.69, 9.17) is 9.16 Å². The number of rotatable bonds is 6. The molecule has 1 amide bonds. The molecule has 2 saturated heterocycles. The Labute approximate surface area is 151 Å². The minimum Gasteiger partial charge on any atom is -0.460 e. The molecule has 0 saturated carbocycles. The molecule has 0 aromatic carbocycles. The fourth-order valence-electron chi connectivity index (χ4n) is 3.85. The summed E-state index contributed by atoms with van der Waals surface area (Å²) in [5.74, 6) is -1.53. The number of amides is 1. The summed E-state index contributed by atoms with van der Waals surface area (Å²) in [4.78, 5) is 38.9. The largest absolute Gasteiger partial charge is 0.460 e. The predicted molar refractivity (Wildman–Crippen MR) is 96.5 cm³/mol. The number of carbonyl (C=O) groups excluding carboxylic acids is 3. The molecule has 2 aliphatic rings. The molecule has 0 spiro atoms. The number of esters is 1. The van der Waals surface area contributed by atoms with E-state index in [-0.39, 0.29) is 36.2 Å². The summed E-state index contributed by atoms with van der Waals surface area (Å²) >= 11 is 0. The average molecular weight is 368 g/mol. The van der Waals surface area contributed by atoms with Crippen molar-refractivity contribution in [1.82, 2.24) is 4.90 Å². The summed E-state index contributed by atoms with van der Waals surface area (Å²) in [6.45, 7) is 15.8. The van der Waals surface area contributed by atoms with Gasteiger partial charge in [-0.15, -0.1) is 0 Å². The van der Waals surface area contributed by atoms with E-state index >= 15 is 0 Å². The number of carbonyl (C=O) groups is 3. The maximum Gasteiger partial charge on any atom is 0.337 e. The fraction of sp³-hybridized carbons (Fsp3) is 0.722. The van der Waals surface area contributed by atoms with Crippen molar-refractivity contribution in [2.45, 2.75) is 64.9 Å². The first-order valence-corrected chi connectivity index (χ1v) is 11.5. The van der Waals surface area contributed by atoms with Gasteiger partial charge in [0, 0.05) is 6.42 Å². The monoisotopic (exact) mass is 367 g/mol. The molecule has 2 aliphatic heterocycles. The van der Waals surface area contributed by atoms with Crippen LogP contribution in [0.3, 0.4) is 0 Å². The van der Waals surface area contributed by atoms with Crippen molar-refractivity contribution in [3.05, 3.63) is 12.7 Å². The van der Waals surface area contributed by atoms with Crippen molar-refractivity contribution < 1.29 is 23.5 Å². The SMILES string of the molecule is C=CCOC(=O)[C@@H]1C(=O)C[C@@H]2[C@@H]([C@@](C)(O[SiH](C)C)C(C)(C)C)C(=O)N12. The van der Waals surface area contributed by atoms with Crippen LogP contribution in [0.2, 0.25) is 13.1 Å². The van der Waals surface area contributed by atoms with Crippen molar-refractivity contribution >= 4 is 26.7 Å². The molecule has 25 heavy (non-hydrogen) atoms. The van der Waals surface area contributed by atoms with Crippen LogP contribution in [0.5, 0.6) is 0 Å². The molecule has 2 fully saturated rings. The molecule has 2 heterocycles. The number of hydrogen-bond donors (Lipinski definition) is 0. The minimum atomic E-state index is -1.42. The Hall–Kier alpha value is -1.47. The maximum absolute atomic E-state index is 12.9. The van der Waals surface area contributed by atoms with Crippen molar-refractivity contribution in [3.63, 3.8) is 0 Å². The van der Waals surface area contributed by atoms with Gasteiger partial charge in [0.05, 0.1) is 17.6 Å². The molecule has 140 valence electrons. The zero-order valence-electron chi connectivity index (χ0n) is 16.0. The first-order chi connectivity index (χ1) is 11.5. The first-order valence-electron chi connectivity index (χ1n) is 8.76. The van der Waals surface area contributed by atoms with E-state index in [0.29, 0.717) is 0 Å². The average Bonchev–Trinajstić information content (AvgIpc) is 2.75. The Morgan fingerprint density at radius 1 is 1.32 bits per heavy atom. The first kappa shape index (κ1) is 19.8. The van der Waals surface area contributed by atoms with Crippen molar-refractivity contribution in [1.29, 1.82) is 0 Å². The molecule has 0 radical (unpaired) electrons. The smallest absolute Gasteiger partial charge is 0.337 e. The summed E-state index contributed by atoms with van der Waals surface area (Å²) in [5.41, 5.74) is -0.951. The highest BCUT2D eigenvalue weighted by atomic mass is 28.3. The highest BCUT2D eigenvalue weighted by molar-refractivity contribution is 6.48. The lowest BCUT2D eigenvalue weighted by atomic mass is 9.64. The van der Waals surface area contributed by atoms with Crippen molar-refractivity contribution in [3.8, 4) is 0 Å². The third-order valence-corrected chi connectivity index (χ3v) is 6.35. The Morgan fingerprint density at radius 3 is 2.40 bits per heavy atom. The molecule has 6 nitrogen and oxygen atoms in total. The van der Waals surface area contributed by atoms with Gasteiger partial charge in [0.1, 0.15) is 6.61 Å². The summed E-state index contributed by atoms with van der Waals surface area (Å²) in [7, 11) is -1.42. The van der Waals surface area contributed by atoms with Crippen LogP contribution in [-0.2, 0) is 23.5 Å². The quantitative estimate of drug-likeness (QED) is 0.235. The summed E-state index contributed by atoms with van der Waals surface area (Å²) in [6, 6.07) is -1.41. The van der Waals surface area contributed by atoms with Crippen LogP contribution < -0.4 is 0 Å². The van der Waals surface area contributed by atoms with Crippen LogP contribution in [0.15, 0.2) is 12.7 Å². The fourth-order valence-corrected chi connectivity index (χ4v) is 5.33. The van der Waals surface area contributed by atoms with E-state index in [1.54, 1.807) is 0 Å². The summed E-state index contributed by atoms with van der Waals surface area (Å²) < 4.78 is 11.3. The number of β-lactam (4-membered cyclic amide) rings is 1. The third-order valence-electron chi connectivity index (χ3n) is 5.39. The van der Waals surface area contributed by atoms with Gasteiger partial charge in [-0.25, -0.2) is 4.79 Å². The topological polar surface area (TPSA) is 72.9 Å². The second-order valence-corrected chi connectivity index (χ2v) is 10.6. The van der Waals surface area contributed by atoms with Gasteiger partial charge in [0.15, 0.2) is 20.9 Å². The highest BCUT2D eigenvalue weighted by Gasteiger charge is 2.67. The van der Waals surface area contributed by atoms with Gasteiger partial charge in [-0.1, -0.05) is 33.4 Å². The van der Waals surface area contributed by atoms with Gasteiger partial charge in [-0.2, -0.15) is 0 Å². The lowest BCUT2D eigenvalue weighted by Crippen LogP contribution is -2.71. The second-order valence-electron chi connectivity index (χ2n) is 8.31. The molecule has 7 heteroatoms. The Bertz CT molecular complexity index is 597. The van der Waals surface area contributed by atoms with E-state index in [2.05, 4.69) is 19.7 Å². The van der Waals surface area contributed by atoms with E-state index in [9.17, 15) is 14.4 Å². The van der Waals surface area contributed by atoms with Crippen molar-refractivity contribution in [2.24, 2.45) is 11.3 Å². The van der Waals surface area contributed by atoms with Gasteiger partial charge in [-0.3, -0.25) is 9.59 Å². The predicted octanol–water partition coefficient (Wildman–Crippen LogP) is 1.69. The molecule has 0 aromatic heterocycles. The van der Waals surface area contributed by atoms with Gasteiger partial charge in [0.25, 0.3) is 0 Å². The Kier molecular flexibility index (Phi) is 5.30. The molecule has 2 rings (SSSR count). The number of hydrogen-bond acceptors (Lipinski definition) is 5. The third kappa shape index (κ3) is 3.19. The zero-order valence-corrected chi connectivity index (χ0v) is 17.2. The molecule has 4 atom stereocenters. The maximum atomic E-state index is 12.9. The number of ketones is 1.